The molecule has 1 rings (SSSR count). The van der Waals surface area contributed by atoms with E-state index in [9.17, 15) is 21.6 Å². The van der Waals surface area contributed by atoms with E-state index in [1.807, 2.05) is 0 Å². The van der Waals surface area contributed by atoms with Crippen molar-refractivity contribution in [1.82, 2.24) is 4.72 Å². The third kappa shape index (κ3) is 4.71. The fourth-order valence-electron chi connectivity index (χ4n) is 1.74. The first-order valence-corrected chi connectivity index (χ1v) is 7.14. The highest BCUT2D eigenvalue weighted by molar-refractivity contribution is 7.90. The number of ether oxygens (including phenoxy) is 1. The van der Waals surface area contributed by atoms with Gasteiger partial charge in [0.2, 0.25) is 0 Å². The number of nitrogens with one attached hydrogen (secondary N) is 1. The first kappa shape index (κ1) is 15.7. The number of halogens is 3. The van der Waals surface area contributed by atoms with Gasteiger partial charge in [0, 0.05) is 12.6 Å². The van der Waals surface area contributed by atoms with Crippen LogP contribution in [0.4, 0.5) is 13.2 Å². The minimum atomic E-state index is -5.27. The summed E-state index contributed by atoms with van der Waals surface area (Å²) in [6, 6.07) is 0.161. The van der Waals surface area contributed by atoms with Crippen LogP contribution in [0.2, 0.25) is 0 Å². The monoisotopic (exact) mass is 290 g/mol. The summed E-state index contributed by atoms with van der Waals surface area (Å²) < 4.78 is 63.9. The first-order valence-electron chi connectivity index (χ1n) is 5.65. The zero-order chi connectivity index (χ0) is 13.8. The third-order valence-electron chi connectivity index (χ3n) is 2.77. The molecular weight excluding hydrogens is 273 g/mol. The molecule has 0 aromatic rings. The fraction of sp³-hybridized carbons (Fsp3) is 1.00. The van der Waals surface area contributed by atoms with Crippen molar-refractivity contribution in [3.63, 3.8) is 0 Å². The van der Waals surface area contributed by atoms with Crippen molar-refractivity contribution in [3.05, 3.63) is 0 Å². The largest absolute Gasteiger partial charge is 0.511 e. The number of hydrogen-bond donors (Lipinski definition) is 2. The average molecular weight is 290 g/mol. The van der Waals surface area contributed by atoms with Crippen LogP contribution < -0.4 is 10.5 Å². The van der Waals surface area contributed by atoms with Gasteiger partial charge in [-0.05, 0) is 25.7 Å². The van der Waals surface area contributed by atoms with E-state index in [-0.39, 0.29) is 25.3 Å². The summed E-state index contributed by atoms with van der Waals surface area (Å²) in [7, 11) is -5.26. The van der Waals surface area contributed by atoms with Crippen molar-refractivity contribution < 1.29 is 26.3 Å². The lowest BCUT2D eigenvalue weighted by Crippen LogP contribution is -2.39. The van der Waals surface area contributed by atoms with E-state index in [0.717, 1.165) is 25.7 Å². The van der Waals surface area contributed by atoms with Crippen LogP contribution in [0.25, 0.3) is 0 Å². The molecule has 5 nitrogen and oxygen atoms in total. The maximum Gasteiger partial charge on any atom is 0.511 e. The van der Waals surface area contributed by atoms with Gasteiger partial charge in [-0.1, -0.05) is 0 Å². The third-order valence-corrected chi connectivity index (χ3v) is 3.96. The molecule has 0 aromatic carbocycles. The second kappa shape index (κ2) is 6.18. The molecule has 0 spiro atoms. The molecule has 1 saturated carbocycles. The van der Waals surface area contributed by atoms with E-state index >= 15 is 0 Å². The Kier molecular flexibility index (Phi) is 5.38. The van der Waals surface area contributed by atoms with Gasteiger partial charge in [0.1, 0.15) is 0 Å². The van der Waals surface area contributed by atoms with Gasteiger partial charge in [-0.25, -0.2) is 13.1 Å². The fourth-order valence-corrected chi connectivity index (χ4v) is 2.25. The van der Waals surface area contributed by atoms with E-state index in [2.05, 4.69) is 0 Å². The van der Waals surface area contributed by atoms with Gasteiger partial charge in [0.05, 0.1) is 12.7 Å². The Hall–Kier alpha value is -0.380. The van der Waals surface area contributed by atoms with Crippen molar-refractivity contribution in [2.75, 3.05) is 13.2 Å². The summed E-state index contributed by atoms with van der Waals surface area (Å²) in [6.45, 7) is -0.459. The Morgan fingerprint density at radius 2 is 1.78 bits per heavy atom. The summed E-state index contributed by atoms with van der Waals surface area (Å²) in [5, 5.41) is 0. The van der Waals surface area contributed by atoms with E-state index in [1.165, 1.54) is 4.72 Å². The van der Waals surface area contributed by atoms with Crippen LogP contribution in [0, 0.1) is 0 Å². The highest BCUT2D eigenvalue weighted by atomic mass is 32.2. The molecule has 0 radical (unpaired) electrons. The molecule has 1 aliphatic carbocycles. The molecule has 0 aliphatic heterocycles. The van der Waals surface area contributed by atoms with E-state index in [0.29, 0.717) is 0 Å². The summed E-state index contributed by atoms with van der Waals surface area (Å²) in [4.78, 5) is 0. The lowest BCUT2D eigenvalue weighted by atomic mass is 9.94. The van der Waals surface area contributed by atoms with Crippen LogP contribution in [0.15, 0.2) is 0 Å². The van der Waals surface area contributed by atoms with E-state index in [4.69, 9.17) is 10.5 Å². The Bertz CT molecular complexity index is 351. The Balaban J connectivity index is 2.20. The van der Waals surface area contributed by atoms with Crippen molar-refractivity contribution >= 4 is 10.0 Å². The topological polar surface area (TPSA) is 81.4 Å². The summed E-state index contributed by atoms with van der Waals surface area (Å²) >= 11 is 0. The van der Waals surface area contributed by atoms with Gasteiger partial charge in [-0.15, -0.1) is 0 Å². The summed E-state index contributed by atoms with van der Waals surface area (Å²) in [5.41, 5.74) is 0.411. The van der Waals surface area contributed by atoms with Gasteiger partial charge in [-0.3, -0.25) is 0 Å². The second-order valence-corrected chi connectivity index (χ2v) is 6.01. The minimum absolute atomic E-state index is 0.0415. The molecular formula is C9H17F3N2O3S. The van der Waals surface area contributed by atoms with Gasteiger partial charge >= 0.3 is 15.5 Å². The van der Waals surface area contributed by atoms with Crippen LogP contribution in [-0.4, -0.2) is 39.2 Å². The molecule has 0 unspecified atom stereocenters. The van der Waals surface area contributed by atoms with Gasteiger partial charge in [-0.2, -0.15) is 13.2 Å². The molecule has 0 bridgehead atoms. The minimum Gasteiger partial charge on any atom is -0.377 e. The lowest BCUT2D eigenvalue weighted by molar-refractivity contribution is -0.0451. The maximum atomic E-state index is 12.0. The van der Waals surface area contributed by atoms with Gasteiger partial charge in [0.15, 0.2) is 0 Å². The van der Waals surface area contributed by atoms with Crippen LogP contribution in [0.1, 0.15) is 25.7 Å². The summed E-state index contributed by atoms with van der Waals surface area (Å²) in [6.07, 6.45) is 3.11. The number of rotatable bonds is 5. The zero-order valence-electron chi connectivity index (χ0n) is 9.74. The molecule has 108 valence electrons. The predicted octanol–water partition coefficient (Wildman–Crippen LogP) is 0.712. The molecule has 0 amide bonds. The van der Waals surface area contributed by atoms with Crippen molar-refractivity contribution in [1.29, 1.82) is 0 Å². The molecule has 18 heavy (non-hydrogen) atoms. The van der Waals surface area contributed by atoms with E-state index < -0.39 is 15.5 Å². The molecule has 0 atom stereocenters. The predicted molar refractivity (Wildman–Crippen MR) is 59.2 cm³/mol. The van der Waals surface area contributed by atoms with Crippen LogP contribution >= 0.6 is 0 Å². The molecule has 0 aromatic heterocycles. The number of hydrogen-bond acceptors (Lipinski definition) is 4. The smallest absolute Gasteiger partial charge is 0.377 e. The molecule has 1 fully saturated rings. The molecule has 3 N–H and O–H groups in total. The Morgan fingerprint density at radius 1 is 1.22 bits per heavy atom. The Morgan fingerprint density at radius 3 is 2.28 bits per heavy atom. The van der Waals surface area contributed by atoms with Gasteiger partial charge < -0.3 is 10.5 Å². The average Bonchev–Trinajstić information content (AvgIpc) is 2.25. The SMILES string of the molecule is NC1CCC(OCCNS(=O)(=O)C(F)(F)F)CC1. The van der Waals surface area contributed by atoms with Crippen LogP contribution in [-0.2, 0) is 14.8 Å². The van der Waals surface area contributed by atoms with Crippen molar-refractivity contribution in [2.45, 2.75) is 43.3 Å². The van der Waals surface area contributed by atoms with Gasteiger partial charge in [0.25, 0.3) is 0 Å². The zero-order valence-corrected chi connectivity index (χ0v) is 10.6. The maximum absolute atomic E-state index is 12.0. The highest BCUT2D eigenvalue weighted by Crippen LogP contribution is 2.22. The Labute approximate surface area is 104 Å². The standard InChI is InChI=1S/C9H17F3N2O3S/c10-9(11,12)18(15,16)14-5-6-17-8-3-1-7(13)2-4-8/h7-8,14H,1-6,13H2. The highest BCUT2D eigenvalue weighted by Gasteiger charge is 2.45. The second-order valence-electron chi connectivity index (χ2n) is 4.25. The number of alkyl halides is 3. The number of nitrogens with two attached hydrogens (primary N) is 1. The van der Waals surface area contributed by atoms with E-state index in [1.54, 1.807) is 0 Å². The lowest BCUT2D eigenvalue weighted by Gasteiger charge is -2.26. The first-order chi connectivity index (χ1) is 8.22. The molecule has 0 saturated heterocycles. The normalized spacial score (nSPS) is 26.2. The summed E-state index contributed by atoms with van der Waals surface area (Å²) in [5.74, 6) is 0. The quantitative estimate of drug-likeness (QED) is 0.731. The molecule has 0 heterocycles. The van der Waals surface area contributed by atoms with Crippen molar-refractivity contribution in [2.24, 2.45) is 5.73 Å². The molecule has 1 aliphatic rings. The molecule has 9 heteroatoms. The van der Waals surface area contributed by atoms with Crippen molar-refractivity contribution in [3.8, 4) is 0 Å². The number of sulfonamides is 1. The van der Waals surface area contributed by atoms with Crippen LogP contribution in [0.3, 0.4) is 0 Å². The van der Waals surface area contributed by atoms with Crippen LogP contribution in [0.5, 0.6) is 0 Å².